The Kier molecular flexibility index (Phi) is 4.09. The molecule has 0 fully saturated rings. The van der Waals surface area contributed by atoms with Gasteiger partial charge in [0.15, 0.2) is 0 Å². The lowest BCUT2D eigenvalue weighted by atomic mass is 10.1. The van der Waals surface area contributed by atoms with Crippen LogP contribution in [0, 0.1) is 13.8 Å². The molecule has 0 aliphatic carbocycles. The van der Waals surface area contributed by atoms with Crippen LogP contribution in [0.5, 0.6) is 0 Å². The normalized spacial score (nSPS) is 13.8. The molecule has 1 aliphatic rings. The zero-order valence-corrected chi connectivity index (χ0v) is 13.7. The van der Waals surface area contributed by atoms with E-state index in [1.165, 1.54) is 11.8 Å². The van der Waals surface area contributed by atoms with Gasteiger partial charge in [0.25, 0.3) is 0 Å². The number of aromatic carboxylic acids is 1. The highest BCUT2D eigenvalue weighted by Gasteiger charge is 2.27. The number of amides is 1. The molecular formula is C17H16N2O3S. The van der Waals surface area contributed by atoms with Crippen LogP contribution in [0.25, 0.3) is 0 Å². The smallest absolute Gasteiger partial charge is 0.335 e. The average molecular weight is 328 g/mol. The first kappa shape index (κ1) is 15.6. The Hall–Kier alpha value is -2.34. The maximum Gasteiger partial charge on any atom is 0.335 e. The van der Waals surface area contributed by atoms with E-state index in [-0.39, 0.29) is 11.5 Å². The lowest BCUT2D eigenvalue weighted by Crippen LogP contribution is -2.35. The number of pyridine rings is 1. The minimum Gasteiger partial charge on any atom is -0.478 e. The van der Waals surface area contributed by atoms with Crippen LogP contribution in [0.1, 0.15) is 27.2 Å². The van der Waals surface area contributed by atoms with Gasteiger partial charge in [0.1, 0.15) is 5.03 Å². The number of thioether (sulfide) groups is 1. The number of hydrogen-bond acceptors (Lipinski definition) is 4. The molecule has 1 aliphatic heterocycles. The molecule has 1 N–H and O–H groups in total. The molecule has 0 saturated heterocycles. The molecule has 6 heteroatoms. The van der Waals surface area contributed by atoms with E-state index in [0.29, 0.717) is 12.3 Å². The largest absolute Gasteiger partial charge is 0.478 e. The zero-order valence-electron chi connectivity index (χ0n) is 12.9. The van der Waals surface area contributed by atoms with Crippen molar-refractivity contribution >= 4 is 29.3 Å². The SMILES string of the molecule is Cc1cc(C)c2c(n1)SCC(=O)N2Cc1ccc(C(=O)O)cc1. The van der Waals surface area contributed by atoms with Crippen molar-refractivity contribution in [3.05, 3.63) is 52.7 Å². The molecule has 0 bridgehead atoms. The molecule has 0 radical (unpaired) electrons. The first-order chi connectivity index (χ1) is 11.0. The summed E-state index contributed by atoms with van der Waals surface area (Å²) in [6, 6.07) is 8.58. The summed E-state index contributed by atoms with van der Waals surface area (Å²) in [5.41, 5.74) is 3.95. The van der Waals surface area contributed by atoms with Crippen LogP contribution in [-0.2, 0) is 11.3 Å². The fraction of sp³-hybridized carbons (Fsp3) is 0.235. The van der Waals surface area contributed by atoms with Crippen molar-refractivity contribution in [1.29, 1.82) is 0 Å². The number of aryl methyl sites for hydroxylation is 2. The van der Waals surface area contributed by atoms with Crippen molar-refractivity contribution in [2.24, 2.45) is 0 Å². The van der Waals surface area contributed by atoms with Gasteiger partial charge < -0.3 is 10.0 Å². The van der Waals surface area contributed by atoms with Crippen LogP contribution in [-0.4, -0.2) is 27.7 Å². The number of hydrogen-bond donors (Lipinski definition) is 1. The second-order valence-corrected chi connectivity index (χ2v) is 6.47. The molecule has 0 atom stereocenters. The summed E-state index contributed by atoms with van der Waals surface area (Å²) in [5.74, 6) is -0.544. The molecule has 0 spiro atoms. The molecule has 118 valence electrons. The number of fused-ring (bicyclic) bond motifs is 1. The second-order valence-electron chi connectivity index (χ2n) is 5.50. The fourth-order valence-electron chi connectivity index (χ4n) is 2.66. The van der Waals surface area contributed by atoms with Crippen LogP contribution in [0.3, 0.4) is 0 Å². The number of benzene rings is 1. The molecule has 0 unspecified atom stereocenters. The van der Waals surface area contributed by atoms with E-state index in [1.807, 2.05) is 19.9 Å². The number of carbonyl (C=O) groups is 2. The van der Waals surface area contributed by atoms with Crippen LogP contribution >= 0.6 is 11.8 Å². The Morgan fingerprint density at radius 1 is 1.30 bits per heavy atom. The van der Waals surface area contributed by atoms with Crippen molar-refractivity contribution in [3.8, 4) is 0 Å². The topological polar surface area (TPSA) is 70.5 Å². The molecule has 2 heterocycles. The molecular weight excluding hydrogens is 312 g/mol. The Balaban J connectivity index is 1.94. The third-order valence-electron chi connectivity index (χ3n) is 3.72. The van der Waals surface area contributed by atoms with E-state index in [2.05, 4.69) is 4.98 Å². The minimum absolute atomic E-state index is 0.0403. The van der Waals surface area contributed by atoms with Crippen molar-refractivity contribution in [3.63, 3.8) is 0 Å². The highest BCUT2D eigenvalue weighted by Crippen LogP contribution is 2.37. The molecule has 1 aromatic carbocycles. The standard InChI is InChI=1S/C17H16N2O3S/c1-10-7-11(2)18-16-15(10)19(14(20)9-23-16)8-12-3-5-13(6-4-12)17(21)22/h3-7H,8-9H2,1-2H3,(H,21,22). The number of nitrogens with zero attached hydrogens (tertiary/aromatic N) is 2. The van der Waals surface area contributed by atoms with Crippen LogP contribution in [0.15, 0.2) is 35.4 Å². The van der Waals surface area contributed by atoms with Gasteiger partial charge in [-0.15, -0.1) is 0 Å². The predicted molar refractivity (Wildman–Crippen MR) is 89.0 cm³/mol. The van der Waals surface area contributed by atoms with E-state index in [9.17, 15) is 9.59 Å². The number of anilines is 1. The zero-order chi connectivity index (χ0) is 16.6. The Labute approximate surface area is 138 Å². The summed E-state index contributed by atoms with van der Waals surface area (Å²) in [6.45, 7) is 4.34. The highest BCUT2D eigenvalue weighted by molar-refractivity contribution is 8.00. The van der Waals surface area contributed by atoms with Gasteiger partial charge in [-0.05, 0) is 43.2 Å². The van der Waals surface area contributed by atoms with Gasteiger partial charge in [0.05, 0.1) is 23.5 Å². The fourth-order valence-corrected chi connectivity index (χ4v) is 3.69. The summed E-state index contributed by atoms with van der Waals surface area (Å²) in [6.07, 6.45) is 0. The third-order valence-corrected chi connectivity index (χ3v) is 4.67. The van der Waals surface area contributed by atoms with Crippen LogP contribution in [0.2, 0.25) is 0 Å². The van der Waals surface area contributed by atoms with Gasteiger partial charge >= 0.3 is 5.97 Å². The summed E-state index contributed by atoms with van der Waals surface area (Å²) in [7, 11) is 0. The lowest BCUT2D eigenvalue weighted by molar-refractivity contribution is -0.116. The predicted octanol–water partition coefficient (Wildman–Crippen LogP) is 3.04. The Morgan fingerprint density at radius 3 is 2.65 bits per heavy atom. The summed E-state index contributed by atoms with van der Waals surface area (Å²) in [4.78, 5) is 29.5. The molecule has 3 rings (SSSR count). The second kappa shape index (κ2) is 6.04. The van der Waals surface area contributed by atoms with Gasteiger partial charge in [-0.1, -0.05) is 23.9 Å². The molecule has 5 nitrogen and oxygen atoms in total. The monoisotopic (exact) mass is 328 g/mol. The minimum atomic E-state index is -0.956. The van der Waals surface area contributed by atoms with Crippen LogP contribution in [0.4, 0.5) is 5.69 Å². The number of carboxylic acid groups (broad SMARTS) is 1. The van der Waals surface area contributed by atoms with E-state index < -0.39 is 5.97 Å². The molecule has 1 aromatic heterocycles. The van der Waals surface area contributed by atoms with Crippen molar-refractivity contribution < 1.29 is 14.7 Å². The van der Waals surface area contributed by atoms with Gasteiger partial charge in [-0.25, -0.2) is 9.78 Å². The summed E-state index contributed by atoms with van der Waals surface area (Å²) < 4.78 is 0. The maximum absolute atomic E-state index is 12.4. The Bertz CT molecular complexity index is 787. The number of rotatable bonds is 3. The van der Waals surface area contributed by atoms with E-state index >= 15 is 0 Å². The van der Waals surface area contributed by atoms with Gasteiger partial charge in [-0.2, -0.15) is 0 Å². The van der Waals surface area contributed by atoms with Gasteiger partial charge in [0, 0.05) is 5.69 Å². The van der Waals surface area contributed by atoms with E-state index in [1.54, 1.807) is 29.2 Å². The van der Waals surface area contributed by atoms with Crippen molar-refractivity contribution in [2.75, 3.05) is 10.7 Å². The maximum atomic E-state index is 12.4. The van der Waals surface area contributed by atoms with Gasteiger partial charge in [0.2, 0.25) is 5.91 Å². The molecule has 23 heavy (non-hydrogen) atoms. The quantitative estimate of drug-likeness (QED) is 0.938. The van der Waals surface area contributed by atoms with E-state index in [4.69, 9.17) is 5.11 Å². The number of carboxylic acids is 1. The number of carbonyl (C=O) groups excluding carboxylic acids is 1. The van der Waals surface area contributed by atoms with Gasteiger partial charge in [-0.3, -0.25) is 4.79 Å². The first-order valence-electron chi connectivity index (χ1n) is 7.19. The molecule has 1 amide bonds. The van der Waals surface area contributed by atoms with E-state index in [0.717, 1.165) is 27.5 Å². The highest BCUT2D eigenvalue weighted by atomic mass is 32.2. The molecule has 2 aromatic rings. The van der Waals surface area contributed by atoms with Crippen molar-refractivity contribution in [2.45, 2.75) is 25.4 Å². The molecule has 0 saturated carbocycles. The average Bonchev–Trinajstić information content (AvgIpc) is 2.50. The third kappa shape index (κ3) is 3.07. The summed E-state index contributed by atoms with van der Waals surface area (Å²) in [5, 5.41) is 9.84. The Morgan fingerprint density at radius 2 is 2.00 bits per heavy atom. The first-order valence-corrected chi connectivity index (χ1v) is 8.18. The summed E-state index contributed by atoms with van der Waals surface area (Å²) >= 11 is 1.47. The van der Waals surface area contributed by atoms with Crippen molar-refractivity contribution in [1.82, 2.24) is 4.98 Å². The van der Waals surface area contributed by atoms with Crippen LogP contribution < -0.4 is 4.90 Å². The number of aromatic nitrogens is 1. The lowest BCUT2D eigenvalue weighted by Gasteiger charge is -2.30.